The summed E-state index contributed by atoms with van der Waals surface area (Å²) in [6.07, 6.45) is 2.81. The molecular weight excluding hydrogens is 390 g/mol. The predicted octanol–water partition coefficient (Wildman–Crippen LogP) is 5.45. The van der Waals surface area contributed by atoms with Crippen molar-refractivity contribution in [2.24, 2.45) is 0 Å². The number of hydrogen-bond donors (Lipinski definition) is 0. The molecule has 0 aliphatic rings. The number of nitrogens with zero attached hydrogens (tertiary/aromatic N) is 2. The van der Waals surface area contributed by atoms with Crippen LogP contribution >= 0.6 is 11.6 Å². The molecule has 0 saturated heterocycles. The molecule has 2 rings (SSSR count). The van der Waals surface area contributed by atoms with Gasteiger partial charge in [-0.25, -0.2) is 18.6 Å². The Morgan fingerprint density at radius 1 is 1.36 bits per heavy atom. The number of hydrogen-bond acceptors (Lipinski definition) is 4. The van der Waals surface area contributed by atoms with Gasteiger partial charge in [0.25, 0.3) is 0 Å². The Bertz CT molecular complexity index is 1010. The fourth-order valence-electron chi connectivity index (χ4n) is 2.28. The van der Waals surface area contributed by atoms with Crippen LogP contribution in [-0.4, -0.2) is 22.1 Å². The molecule has 150 valence electrons. The lowest BCUT2D eigenvalue weighted by molar-refractivity contribution is 0.0524. The van der Waals surface area contributed by atoms with Crippen molar-refractivity contribution in [1.82, 2.24) is 9.55 Å². The van der Waals surface area contributed by atoms with E-state index in [-0.39, 0.29) is 28.4 Å². The van der Waals surface area contributed by atoms with Gasteiger partial charge in [-0.15, -0.1) is 0 Å². The molecule has 0 saturated carbocycles. The van der Waals surface area contributed by atoms with Crippen LogP contribution in [0.1, 0.15) is 38.1 Å². The van der Waals surface area contributed by atoms with Crippen LogP contribution in [0.25, 0.3) is 16.7 Å². The third-order valence-electron chi connectivity index (χ3n) is 3.44. The maximum absolute atomic E-state index is 14.4. The summed E-state index contributed by atoms with van der Waals surface area (Å²) in [4.78, 5) is 28.7. The second-order valence-corrected chi connectivity index (χ2v) is 5.39. The van der Waals surface area contributed by atoms with E-state index in [0.717, 1.165) is 22.9 Å². The van der Waals surface area contributed by atoms with Crippen LogP contribution in [0.5, 0.6) is 0 Å². The molecule has 8 heteroatoms. The smallest absolute Gasteiger partial charge is 0.343 e. The van der Waals surface area contributed by atoms with Crippen molar-refractivity contribution < 1.29 is 18.3 Å². The molecule has 28 heavy (non-hydrogen) atoms. The number of carbonyl (C=O) groups is 1. The van der Waals surface area contributed by atoms with Gasteiger partial charge >= 0.3 is 5.97 Å². The molecule has 0 atom stereocenters. The van der Waals surface area contributed by atoms with E-state index in [9.17, 15) is 18.4 Å². The SMILES string of the molecule is C=C/C(F)=C(\C(F)=C/C)n1cc(C(=O)OCC)c(=O)c2ccc(Cl)nc21.CC. The number of pyridine rings is 2. The molecule has 0 fully saturated rings. The summed E-state index contributed by atoms with van der Waals surface area (Å²) < 4.78 is 34.5. The van der Waals surface area contributed by atoms with Crippen LogP contribution in [0.4, 0.5) is 8.78 Å². The van der Waals surface area contributed by atoms with Gasteiger partial charge in [-0.05, 0) is 38.1 Å². The number of aromatic nitrogens is 2. The molecule has 0 spiro atoms. The van der Waals surface area contributed by atoms with Crippen LogP contribution in [0, 0.1) is 0 Å². The van der Waals surface area contributed by atoms with E-state index in [0.29, 0.717) is 0 Å². The fourth-order valence-corrected chi connectivity index (χ4v) is 2.43. The molecule has 0 amide bonds. The summed E-state index contributed by atoms with van der Waals surface area (Å²) >= 11 is 5.87. The third-order valence-corrected chi connectivity index (χ3v) is 3.65. The van der Waals surface area contributed by atoms with Gasteiger partial charge in [-0.3, -0.25) is 9.36 Å². The predicted molar refractivity (Wildman–Crippen MR) is 108 cm³/mol. The Labute approximate surface area is 166 Å². The van der Waals surface area contributed by atoms with Gasteiger partial charge in [0.1, 0.15) is 33.7 Å². The Hall–Kier alpha value is -2.80. The summed E-state index contributed by atoms with van der Waals surface area (Å²) in [5.41, 5.74) is -1.74. The second kappa shape index (κ2) is 10.5. The Balaban J connectivity index is 0.00000190. The summed E-state index contributed by atoms with van der Waals surface area (Å²) in [7, 11) is 0. The minimum Gasteiger partial charge on any atom is -0.462 e. The molecule has 0 aliphatic carbocycles. The van der Waals surface area contributed by atoms with Gasteiger partial charge in [0.15, 0.2) is 0 Å². The first-order valence-corrected chi connectivity index (χ1v) is 8.97. The Kier molecular flexibility index (Phi) is 8.73. The average molecular weight is 411 g/mol. The van der Waals surface area contributed by atoms with Crippen molar-refractivity contribution in [3.63, 3.8) is 0 Å². The van der Waals surface area contributed by atoms with Gasteiger partial charge in [0.05, 0.1) is 12.0 Å². The van der Waals surface area contributed by atoms with E-state index in [4.69, 9.17) is 16.3 Å². The molecule has 2 aromatic rings. The first-order chi connectivity index (χ1) is 13.3. The lowest BCUT2D eigenvalue weighted by Crippen LogP contribution is -2.21. The fraction of sp³-hybridized carbons (Fsp3) is 0.250. The van der Waals surface area contributed by atoms with Crippen molar-refractivity contribution in [2.75, 3.05) is 6.61 Å². The number of allylic oxidation sites excluding steroid dienone is 5. The highest BCUT2D eigenvalue weighted by Gasteiger charge is 2.22. The van der Waals surface area contributed by atoms with Crippen LogP contribution in [0.15, 0.2) is 53.5 Å². The van der Waals surface area contributed by atoms with E-state index in [1.165, 1.54) is 19.1 Å². The standard InChI is InChI=1S/C18H15ClF2N2O3.C2H6/c1-4-12(20)15(13(21)5-2)23-9-11(18(25)26-6-3)16(24)10-7-8-14(19)22-17(10)23;1-2/h4-5,7-9H,1,6H2,2-3H3;1-2H3/b13-5+,15-12-;. The molecule has 2 heterocycles. The van der Waals surface area contributed by atoms with Gasteiger partial charge in [-0.1, -0.05) is 32.0 Å². The highest BCUT2D eigenvalue weighted by atomic mass is 35.5. The normalized spacial score (nSPS) is 12.0. The number of esters is 1. The number of halogens is 3. The molecule has 0 radical (unpaired) electrons. The number of fused-ring (bicyclic) bond motifs is 1. The topological polar surface area (TPSA) is 61.2 Å². The first kappa shape index (κ1) is 23.2. The molecule has 0 aromatic carbocycles. The van der Waals surface area contributed by atoms with Crippen LogP contribution in [0.3, 0.4) is 0 Å². The maximum Gasteiger partial charge on any atom is 0.343 e. The van der Waals surface area contributed by atoms with E-state index in [2.05, 4.69) is 11.6 Å². The zero-order valence-electron chi connectivity index (χ0n) is 16.1. The number of rotatable bonds is 5. The minimum absolute atomic E-state index is 0.00813. The summed E-state index contributed by atoms with van der Waals surface area (Å²) in [5.74, 6) is -2.87. The molecule has 0 unspecified atom stereocenters. The van der Waals surface area contributed by atoms with E-state index < -0.39 is 28.7 Å². The van der Waals surface area contributed by atoms with Crippen molar-refractivity contribution >= 4 is 34.3 Å². The molecule has 0 aliphatic heterocycles. The zero-order chi connectivity index (χ0) is 21.4. The van der Waals surface area contributed by atoms with Crippen molar-refractivity contribution in [3.05, 3.63) is 69.7 Å². The summed E-state index contributed by atoms with van der Waals surface area (Å²) in [5, 5.41) is -0.0352. The van der Waals surface area contributed by atoms with Gasteiger partial charge in [-0.2, -0.15) is 0 Å². The number of carbonyl (C=O) groups excluding carboxylic acids is 1. The van der Waals surface area contributed by atoms with Gasteiger partial charge in [0.2, 0.25) is 5.43 Å². The van der Waals surface area contributed by atoms with Gasteiger partial charge < -0.3 is 4.74 Å². The van der Waals surface area contributed by atoms with Gasteiger partial charge in [0, 0.05) is 6.20 Å². The summed E-state index contributed by atoms with van der Waals surface area (Å²) in [6, 6.07) is 2.66. The largest absolute Gasteiger partial charge is 0.462 e. The van der Waals surface area contributed by atoms with Crippen LogP contribution in [0.2, 0.25) is 5.15 Å². The maximum atomic E-state index is 14.4. The molecule has 5 nitrogen and oxygen atoms in total. The van der Waals surface area contributed by atoms with Crippen molar-refractivity contribution in [2.45, 2.75) is 27.7 Å². The van der Waals surface area contributed by atoms with Crippen molar-refractivity contribution in [3.8, 4) is 0 Å². The Morgan fingerprint density at radius 2 is 2.00 bits per heavy atom. The van der Waals surface area contributed by atoms with Crippen molar-refractivity contribution in [1.29, 1.82) is 0 Å². The zero-order valence-corrected chi connectivity index (χ0v) is 16.8. The molecular formula is C20H21ClF2N2O3. The minimum atomic E-state index is -1.01. The quantitative estimate of drug-likeness (QED) is 0.373. The average Bonchev–Trinajstić information content (AvgIpc) is 2.70. The monoisotopic (exact) mass is 410 g/mol. The highest BCUT2D eigenvalue weighted by Crippen LogP contribution is 2.27. The van der Waals surface area contributed by atoms with E-state index >= 15 is 0 Å². The molecule has 0 bridgehead atoms. The number of ether oxygens (including phenoxy) is 1. The summed E-state index contributed by atoms with van der Waals surface area (Å²) in [6.45, 7) is 10.3. The lowest BCUT2D eigenvalue weighted by Gasteiger charge is -2.15. The van der Waals surface area contributed by atoms with Crippen LogP contribution in [-0.2, 0) is 4.74 Å². The Morgan fingerprint density at radius 3 is 2.54 bits per heavy atom. The molecule has 2 aromatic heterocycles. The lowest BCUT2D eigenvalue weighted by atomic mass is 10.1. The molecule has 0 N–H and O–H groups in total. The van der Waals surface area contributed by atoms with E-state index in [1.807, 2.05) is 13.8 Å². The third kappa shape index (κ3) is 4.72. The first-order valence-electron chi connectivity index (χ1n) is 8.59. The second-order valence-electron chi connectivity index (χ2n) is 5.00. The highest BCUT2D eigenvalue weighted by molar-refractivity contribution is 6.29. The van der Waals surface area contributed by atoms with E-state index in [1.54, 1.807) is 6.92 Å². The van der Waals surface area contributed by atoms with Crippen LogP contribution < -0.4 is 5.43 Å².